The molecule has 0 aliphatic heterocycles. The summed E-state index contributed by atoms with van der Waals surface area (Å²) < 4.78 is 0. The molecule has 0 fully saturated rings. The van der Waals surface area contributed by atoms with Crippen LogP contribution in [0.15, 0.2) is 112 Å². The van der Waals surface area contributed by atoms with Crippen LogP contribution in [0.2, 0.25) is 0 Å². The second-order valence-electron chi connectivity index (χ2n) is 6.59. The van der Waals surface area contributed by atoms with Crippen LogP contribution in [0.5, 0.6) is 0 Å². The van der Waals surface area contributed by atoms with Crippen molar-refractivity contribution in [2.45, 2.75) is 0 Å². The molecule has 0 saturated carbocycles. The zero-order valence-corrected chi connectivity index (χ0v) is 23.1. The van der Waals surface area contributed by atoms with Crippen molar-refractivity contribution in [2.24, 2.45) is 0 Å². The largest absolute Gasteiger partial charge is 0.261 e. The molecule has 0 amide bonds. The maximum absolute atomic E-state index is 4.85. The molecule has 0 aliphatic carbocycles. The molecule has 196 valence electrons. The molecule has 6 aromatic rings. The molecule has 0 aliphatic rings. The Bertz CT molecular complexity index is 1140. The predicted molar refractivity (Wildman–Crippen MR) is 141 cm³/mol. The molecule has 0 atom stereocenters. The number of nitrogens with zero attached hydrogens (tertiary/aromatic N) is 12. The molecule has 6 heterocycles. The molecular formula is C24H18Cl2N12Ru. The van der Waals surface area contributed by atoms with Gasteiger partial charge in [-0.1, -0.05) is 0 Å². The van der Waals surface area contributed by atoms with Gasteiger partial charge in [0.15, 0.2) is 0 Å². The smallest absolute Gasteiger partial charge is 0.108 e. The van der Waals surface area contributed by atoms with Crippen molar-refractivity contribution < 1.29 is 15.1 Å². The van der Waals surface area contributed by atoms with Crippen LogP contribution in [0.3, 0.4) is 0 Å². The van der Waals surface area contributed by atoms with Crippen molar-refractivity contribution in [3.63, 3.8) is 0 Å². The Labute approximate surface area is 239 Å². The third-order valence-corrected chi connectivity index (χ3v) is 4.17. The van der Waals surface area contributed by atoms with Crippen molar-refractivity contribution in [3.8, 4) is 34.2 Å². The van der Waals surface area contributed by atoms with Gasteiger partial charge in [-0.25, -0.2) is 0 Å². The third-order valence-electron chi connectivity index (χ3n) is 4.17. The van der Waals surface area contributed by atoms with E-state index in [1.54, 1.807) is 112 Å². The Morgan fingerprint density at radius 3 is 0.564 bits per heavy atom. The zero-order valence-electron chi connectivity index (χ0n) is 19.9. The van der Waals surface area contributed by atoms with Crippen LogP contribution in [0.4, 0.5) is 0 Å². The van der Waals surface area contributed by atoms with Gasteiger partial charge in [0.1, 0.15) is 34.2 Å². The summed E-state index contributed by atoms with van der Waals surface area (Å²) >= 11 is -0.346. The Balaban J connectivity index is 0.000000154. The molecule has 0 aromatic carbocycles. The van der Waals surface area contributed by atoms with Crippen LogP contribution in [0.25, 0.3) is 34.2 Å². The van der Waals surface area contributed by atoms with E-state index in [9.17, 15) is 0 Å². The molecule has 12 nitrogen and oxygen atoms in total. The molecule has 6 aromatic heterocycles. The summed E-state index contributed by atoms with van der Waals surface area (Å²) in [6.45, 7) is 0. The second-order valence-corrected chi connectivity index (χ2v) is 9.23. The molecule has 0 unspecified atom stereocenters. The summed E-state index contributed by atoms with van der Waals surface area (Å²) in [5, 5.41) is 0. The Kier molecular flexibility index (Phi) is 13.5. The van der Waals surface area contributed by atoms with E-state index in [4.69, 9.17) is 19.4 Å². The standard InChI is InChI=1S/3C8H6N4.2ClH.Ru/c3*1-3-11-7(5-9-1)8-6-10-2-4-12-8;;;/h3*1-6H;2*1H;/q;;;;;+2/p-2. The van der Waals surface area contributed by atoms with Gasteiger partial charge in [-0.2, -0.15) is 0 Å². The molecule has 0 saturated heterocycles. The van der Waals surface area contributed by atoms with Crippen molar-refractivity contribution in [3.05, 3.63) is 112 Å². The minimum absolute atomic E-state index is 0.346. The van der Waals surface area contributed by atoms with Crippen molar-refractivity contribution in [2.75, 3.05) is 0 Å². The fourth-order valence-electron chi connectivity index (χ4n) is 2.59. The fourth-order valence-corrected chi connectivity index (χ4v) is 2.59. The van der Waals surface area contributed by atoms with E-state index < -0.39 is 0 Å². The molecular weight excluding hydrogens is 628 g/mol. The summed E-state index contributed by atoms with van der Waals surface area (Å²) in [5.74, 6) is 0. The van der Waals surface area contributed by atoms with Gasteiger partial charge in [0, 0.05) is 74.4 Å². The molecule has 39 heavy (non-hydrogen) atoms. The van der Waals surface area contributed by atoms with Crippen LogP contribution in [-0.4, -0.2) is 59.8 Å². The van der Waals surface area contributed by atoms with Crippen LogP contribution >= 0.6 is 19.4 Å². The van der Waals surface area contributed by atoms with Gasteiger partial charge in [-0.15, -0.1) is 0 Å². The monoisotopic (exact) mass is 646 g/mol. The minimum atomic E-state index is -0.346. The summed E-state index contributed by atoms with van der Waals surface area (Å²) in [7, 11) is 9.71. The zero-order chi connectivity index (χ0) is 27.4. The van der Waals surface area contributed by atoms with Gasteiger partial charge in [-0.05, 0) is 0 Å². The second kappa shape index (κ2) is 18.0. The average molecular weight is 646 g/mol. The first-order chi connectivity index (χ1) is 19.3. The molecule has 15 heteroatoms. The van der Waals surface area contributed by atoms with Crippen molar-refractivity contribution in [1.29, 1.82) is 0 Å². The fraction of sp³-hybridized carbons (Fsp3) is 0. The molecule has 0 radical (unpaired) electrons. The Morgan fingerprint density at radius 2 is 0.462 bits per heavy atom. The Hall–Kier alpha value is -4.32. The topological polar surface area (TPSA) is 155 Å². The minimum Gasteiger partial charge on any atom is -0.261 e. The number of halogens is 2. The molecule has 0 N–H and O–H groups in total. The summed E-state index contributed by atoms with van der Waals surface area (Å²) in [6.07, 6.45) is 29.5. The summed E-state index contributed by atoms with van der Waals surface area (Å²) in [5.41, 5.74) is 4.45. The maximum Gasteiger partial charge on any atom is 0.108 e. The van der Waals surface area contributed by atoms with E-state index in [1.807, 2.05) is 0 Å². The van der Waals surface area contributed by atoms with Crippen LogP contribution in [0.1, 0.15) is 0 Å². The van der Waals surface area contributed by atoms with Crippen LogP contribution in [0, 0.1) is 0 Å². The number of hydrogen-bond acceptors (Lipinski definition) is 12. The number of aromatic nitrogens is 12. The molecule has 0 spiro atoms. The van der Waals surface area contributed by atoms with E-state index >= 15 is 0 Å². The van der Waals surface area contributed by atoms with Crippen LogP contribution < -0.4 is 0 Å². The quantitative estimate of drug-likeness (QED) is 0.253. The summed E-state index contributed by atoms with van der Waals surface area (Å²) in [4.78, 5) is 48.1. The Morgan fingerprint density at radius 1 is 0.308 bits per heavy atom. The molecule has 6 rings (SSSR count). The van der Waals surface area contributed by atoms with Gasteiger partial charge in [0.05, 0.1) is 37.2 Å². The van der Waals surface area contributed by atoms with Crippen molar-refractivity contribution in [1.82, 2.24) is 59.8 Å². The number of rotatable bonds is 3. The third kappa shape index (κ3) is 10.9. The van der Waals surface area contributed by atoms with Crippen LogP contribution in [-0.2, 0) is 15.1 Å². The van der Waals surface area contributed by atoms with Gasteiger partial charge < -0.3 is 0 Å². The molecule has 0 bridgehead atoms. The SMILES string of the molecule is [Cl][Ru][Cl].c1cnc(-c2cnccn2)cn1.c1cnc(-c2cnccn2)cn1.c1cnc(-c2cnccn2)cn1. The normalized spacial score (nSPS) is 9.49. The first-order valence-electron chi connectivity index (χ1n) is 10.7. The maximum atomic E-state index is 4.85. The summed E-state index contributed by atoms with van der Waals surface area (Å²) in [6, 6.07) is 0. The van der Waals surface area contributed by atoms with Crippen molar-refractivity contribution >= 4 is 19.4 Å². The van der Waals surface area contributed by atoms with E-state index in [0.717, 1.165) is 34.2 Å². The average Bonchev–Trinajstić information content (AvgIpc) is 3.05. The van der Waals surface area contributed by atoms with E-state index in [1.165, 1.54) is 0 Å². The first-order valence-corrected chi connectivity index (χ1v) is 15.2. The van der Waals surface area contributed by atoms with Gasteiger partial charge >= 0.3 is 34.5 Å². The predicted octanol–water partition coefficient (Wildman–Crippen LogP) is 4.18. The van der Waals surface area contributed by atoms with Gasteiger partial charge in [-0.3, -0.25) is 59.8 Å². The number of hydrogen-bond donors (Lipinski definition) is 0. The van der Waals surface area contributed by atoms with E-state index in [2.05, 4.69) is 59.8 Å². The van der Waals surface area contributed by atoms with E-state index in [0.29, 0.717) is 0 Å². The first kappa shape index (κ1) is 29.2. The van der Waals surface area contributed by atoms with E-state index in [-0.39, 0.29) is 15.1 Å². The van der Waals surface area contributed by atoms with Gasteiger partial charge in [0.25, 0.3) is 0 Å². The van der Waals surface area contributed by atoms with Gasteiger partial charge in [0.2, 0.25) is 0 Å².